The highest BCUT2D eigenvalue weighted by Gasteiger charge is 2.20. The summed E-state index contributed by atoms with van der Waals surface area (Å²) in [6.07, 6.45) is 1.23. The van der Waals surface area contributed by atoms with E-state index in [1.807, 2.05) is 0 Å². The van der Waals surface area contributed by atoms with Crippen molar-refractivity contribution in [3.05, 3.63) is 35.7 Å². The highest BCUT2D eigenvalue weighted by Crippen LogP contribution is 2.29. The van der Waals surface area contributed by atoms with Gasteiger partial charge in [-0.25, -0.2) is 8.42 Å². The average molecular weight is 267 g/mol. The van der Waals surface area contributed by atoms with Crippen molar-refractivity contribution in [3.8, 4) is 5.75 Å². The molecule has 1 aromatic carbocycles. The largest absolute Gasteiger partial charge is 0.506 e. The van der Waals surface area contributed by atoms with Crippen LogP contribution in [-0.2, 0) is 10.0 Å². The Morgan fingerprint density at radius 1 is 1.33 bits per heavy atom. The van der Waals surface area contributed by atoms with Crippen LogP contribution < -0.4 is 4.72 Å². The second-order valence-corrected chi connectivity index (χ2v) is 5.58. The molecule has 6 nitrogen and oxygen atoms in total. The summed E-state index contributed by atoms with van der Waals surface area (Å²) in [6.45, 7) is 3.32. The van der Waals surface area contributed by atoms with Gasteiger partial charge < -0.3 is 5.11 Å². The fourth-order valence-corrected chi connectivity index (χ4v) is 2.87. The Hall–Kier alpha value is -2.02. The number of anilines is 1. The fourth-order valence-electron chi connectivity index (χ4n) is 1.58. The number of aromatic amines is 1. The summed E-state index contributed by atoms with van der Waals surface area (Å²) in [4.78, 5) is 0.0603. The summed E-state index contributed by atoms with van der Waals surface area (Å²) in [5.74, 6) is -0.111. The number of phenols is 1. The Balaban J connectivity index is 2.44. The summed E-state index contributed by atoms with van der Waals surface area (Å²) in [7, 11) is -3.75. The number of nitrogens with one attached hydrogen (secondary N) is 2. The minimum atomic E-state index is -3.75. The van der Waals surface area contributed by atoms with Crippen molar-refractivity contribution >= 4 is 15.7 Å². The first-order valence-corrected chi connectivity index (χ1v) is 6.71. The maximum atomic E-state index is 12.1. The van der Waals surface area contributed by atoms with E-state index in [0.29, 0.717) is 11.3 Å². The van der Waals surface area contributed by atoms with Crippen LogP contribution in [0.1, 0.15) is 11.3 Å². The number of phenolic OH excluding ortho intramolecular Hbond substituents is 1. The molecule has 0 saturated carbocycles. The van der Waals surface area contributed by atoms with Gasteiger partial charge in [0.25, 0.3) is 10.0 Å². The van der Waals surface area contributed by atoms with Gasteiger partial charge in [-0.1, -0.05) is 12.1 Å². The topological polar surface area (TPSA) is 95.1 Å². The molecule has 0 saturated heterocycles. The number of aryl methyl sites for hydroxylation is 2. The molecule has 1 heterocycles. The molecule has 0 spiro atoms. The molecular weight excluding hydrogens is 254 g/mol. The second kappa shape index (κ2) is 4.34. The molecule has 0 aliphatic heterocycles. The van der Waals surface area contributed by atoms with E-state index in [9.17, 15) is 13.5 Å². The smallest absolute Gasteiger partial charge is 0.265 e. The van der Waals surface area contributed by atoms with Crippen LogP contribution in [0, 0.1) is 13.8 Å². The Bertz CT molecular complexity index is 656. The Labute approximate surface area is 105 Å². The summed E-state index contributed by atoms with van der Waals surface area (Å²) in [5.41, 5.74) is 1.26. The van der Waals surface area contributed by atoms with Gasteiger partial charge in [-0.2, -0.15) is 5.10 Å². The maximum absolute atomic E-state index is 12.1. The summed E-state index contributed by atoms with van der Waals surface area (Å²) < 4.78 is 26.6. The number of H-pyrrole nitrogens is 1. The van der Waals surface area contributed by atoms with Crippen molar-refractivity contribution < 1.29 is 13.5 Å². The van der Waals surface area contributed by atoms with Crippen LogP contribution in [0.2, 0.25) is 0 Å². The Kier molecular flexibility index (Phi) is 3.00. The van der Waals surface area contributed by atoms with E-state index in [4.69, 9.17) is 0 Å². The third-order valence-electron chi connectivity index (χ3n) is 2.56. The molecular formula is C11H13N3O3S. The van der Waals surface area contributed by atoms with E-state index < -0.39 is 10.0 Å². The first-order valence-electron chi connectivity index (χ1n) is 5.23. The van der Waals surface area contributed by atoms with Crippen molar-refractivity contribution in [2.24, 2.45) is 0 Å². The van der Waals surface area contributed by atoms with Gasteiger partial charge in [0.2, 0.25) is 0 Å². The zero-order valence-electron chi connectivity index (χ0n) is 9.93. The average Bonchev–Trinajstić information content (AvgIpc) is 2.71. The van der Waals surface area contributed by atoms with Gasteiger partial charge in [-0.3, -0.25) is 9.82 Å². The summed E-state index contributed by atoms with van der Waals surface area (Å²) >= 11 is 0. The Morgan fingerprint density at radius 2 is 2.06 bits per heavy atom. The molecule has 0 aliphatic rings. The van der Waals surface area contributed by atoms with Crippen LogP contribution in [0.5, 0.6) is 5.75 Å². The molecule has 0 unspecified atom stereocenters. The maximum Gasteiger partial charge on any atom is 0.265 e. The van der Waals surface area contributed by atoms with Gasteiger partial charge in [0, 0.05) is 0 Å². The summed E-state index contributed by atoms with van der Waals surface area (Å²) in [5, 5.41) is 15.9. The highest BCUT2D eigenvalue weighted by molar-refractivity contribution is 7.92. The van der Waals surface area contributed by atoms with Crippen LogP contribution >= 0.6 is 0 Å². The second-order valence-electron chi connectivity index (χ2n) is 3.93. The fraction of sp³-hybridized carbons (Fsp3) is 0.182. The standard InChI is InChI=1S/C11H13N3O3S/c1-7-4-3-5-9(15)11(7)14-18(16,17)10-6-12-13-8(10)2/h3-6,14-15H,1-2H3,(H,12,13). The molecule has 0 fully saturated rings. The summed E-state index contributed by atoms with van der Waals surface area (Å²) in [6, 6.07) is 4.78. The van der Waals surface area contributed by atoms with Gasteiger partial charge in [0.05, 0.1) is 17.6 Å². The van der Waals surface area contributed by atoms with Crippen LogP contribution in [-0.4, -0.2) is 23.7 Å². The SMILES string of the molecule is Cc1cccc(O)c1NS(=O)(=O)c1cn[nH]c1C. The zero-order valence-corrected chi connectivity index (χ0v) is 10.7. The van der Waals surface area contributed by atoms with Crippen molar-refractivity contribution in [1.82, 2.24) is 10.2 Å². The lowest BCUT2D eigenvalue weighted by atomic mass is 10.2. The third kappa shape index (κ3) is 2.17. The van der Waals surface area contributed by atoms with E-state index in [0.717, 1.165) is 0 Å². The molecule has 2 rings (SSSR count). The number of benzene rings is 1. The normalized spacial score (nSPS) is 11.4. The van der Waals surface area contributed by atoms with Crippen molar-refractivity contribution in [3.63, 3.8) is 0 Å². The third-order valence-corrected chi connectivity index (χ3v) is 4.02. The molecule has 0 amide bonds. The molecule has 0 radical (unpaired) electrons. The number of sulfonamides is 1. The van der Waals surface area contributed by atoms with E-state index >= 15 is 0 Å². The lowest BCUT2D eigenvalue weighted by Gasteiger charge is -2.11. The van der Waals surface area contributed by atoms with Crippen molar-refractivity contribution in [2.45, 2.75) is 18.7 Å². The van der Waals surface area contributed by atoms with Gasteiger partial charge in [-0.15, -0.1) is 0 Å². The van der Waals surface area contributed by atoms with Crippen LogP contribution in [0.15, 0.2) is 29.3 Å². The number of aromatic hydroxyl groups is 1. The quantitative estimate of drug-likeness (QED) is 0.735. The van der Waals surface area contributed by atoms with Gasteiger partial charge >= 0.3 is 0 Å². The monoisotopic (exact) mass is 267 g/mol. The number of hydrogen-bond acceptors (Lipinski definition) is 4. The molecule has 1 aromatic heterocycles. The molecule has 3 N–H and O–H groups in total. The first kappa shape index (κ1) is 12.4. The Morgan fingerprint density at radius 3 is 2.61 bits per heavy atom. The lowest BCUT2D eigenvalue weighted by molar-refractivity contribution is 0.477. The van der Waals surface area contributed by atoms with Crippen molar-refractivity contribution in [1.29, 1.82) is 0 Å². The number of rotatable bonds is 3. The van der Waals surface area contributed by atoms with E-state index in [2.05, 4.69) is 14.9 Å². The van der Waals surface area contributed by atoms with Crippen molar-refractivity contribution in [2.75, 3.05) is 4.72 Å². The first-order chi connectivity index (χ1) is 8.42. The van der Waals surface area contributed by atoms with Gasteiger partial charge in [-0.05, 0) is 25.5 Å². The molecule has 0 atom stereocenters. The van der Waals surface area contributed by atoms with Crippen LogP contribution in [0.4, 0.5) is 5.69 Å². The molecule has 7 heteroatoms. The zero-order chi connectivity index (χ0) is 13.3. The number of para-hydroxylation sites is 1. The highest BCUT2D eigenvalue weighted by atomic mass is 32.2. The van der Waals surface area contributed by atoms with E-state index in [1.165, 1.54) is 12.3 Å². The minimum absolute atomic E-state index is 0.0603. The van der Waals surface area contributed by atoms with Gasteiger partial charge in [0.15, 0.2) is 0 Å². The number of hydrogen-bond donors (Lipinski definition) is 3. The molecule has 0 bridgehead atoms. The molecule has 18 heavy (non-hydrogen) atoms. The molecule has 0 aliphatic carbocycles. The lowest BCUT2D eigenvalue weighted by Crippen LogP contribution is -2.14. The van der Waals surface area contributed by atoms with Crippen LogP contribution in [0.25, 0.3) is 0 Å². The minimum Gasteiger partial charge on any atom is -0.506 e. The number of nitrogens with zero attached hydrogens (tertiary/aromatic N) is 1. The van der Waals surface area contributed by atoms with E-state index in [-0.39, 0.29) is 16.3 Å². The molecule has 96 valence electrons. The van der Waals surface area contributed by atoms with Gasteiger partial charge in [0.1, 0.15) is 10.6 Å². The predicted molar refractivity (Wildman–Crippen MR) is 67.0 cm³/mol. The van der Waals surface area contributed by atoms with Crippen LogP contribution in [0.3, 0.4) is 0 Å². The number of aromatic nitrogens is 2. The molecule has 2 aromatic rings. The predicted octanol–water partition coefficient (Wildman–Crippen LogP) is 1.53. The van der Waals surface area contributed by atoms with E-state index in [1.54, 1.807) is 26.0 Å².